The van der Waals surface area contributed by atoms with E-state index < -0.39 is 33.5 Å². The molecule has 2 amide bonds. The van der Waals surface area contributed by atoms with Crippen molar-refractivity contribution in [1.82, 2.24) is 10.2 Å². The van der Waals surface area contributed by atoms with Crippen molar-refractivity contribution >= 4 is 38.4 Å². The normalized spacial score (nSPS) is 18.1. The summed E-state index contributed by atoms with van der Waals surface area (Å²) in [7, 11) is -3.41. The van der Waals surface area contributed by atoms with E-state index >= 15 is 0 Å². The predicted molar refractivity (Wildman–Crippen MR) is 117 cm³/mol. The number of para-hydroxylation sites is 1. The van der Waals surface area contributed by atoms with Crippen LogP contribution in [0.3, 0.4) is 0 Å². The summed E-state index contributed by atoms with van der Waals surface area (Å²) >= 11 is 0. The summed E-state index contributed by atoms with van der Waals surface area (Å²) in [5.41, 5.74) is 2.27. The smallest absolute Gasteiger partial charge is 0.287 e. The topological polar surface area (TPSA) is 114 Å². The highest BCUT2D eigenvalue weighted by molar-refractivity contribution is 7.91. The monoisotopic (exact) mass is 448 g/mol. The third-order valence-electron chi connectivity index (χ3n) is 5.68. The molecule has 0 spiro atoms. The van der Waals surface area contributed by atoms with Crippen molar-refractivity contribution in [3.05, 3.63) is 35.1 Å². The number of nitrogens with zero attached hydrogens (tertiary/aromatic N) is 1. The number of furan rings is 1. The summed E-state index contributed by atoms with van der Waals surface area (Å²) < 4.78 is 28.6. The molecule has 0 radical (unpaired) electrons. The number of likely N-dealkylation sites (tertiary alicyclic amines) is 1. The van der Waals surface area contributed by atoms with E-state index in [1.807, 2.05) is 25.1 Å². The van der Waals surface area contributed by atoms with Gasteiger partial charge in [0.15, 0.2) is 21.4 Å². The summed E-state index contributed by atoms with van der Waals surface area (Å²) in [5.74, 6) is -2.01. The molecule has 2 heterocycles. The van der Waals surface area contributed by atoms with E-state index in [0.717, 1.165) is 17.2 Å². The number of nitrogens with one attached hydrogen (secondary N) is 1. The van der Waals surface area contributed by atoms with Crippen molar-refractivity contribution in [1.29, 1.82) is 0 Å². The van der Waals surface area contributed by atoms with Crippen LogP contribution in [0.1, 0.15) is 41.4 Å². The van der Waals surface area contributed by atoms with Crippen molar-refractivity contribution in [2.45, 2.75) is 39.7 Å². The first kappa shape index (κ1) is 23.0. The lowest BCUT2D eigenvalue weighted by Gasteiger charge is -2.33. The first-order valence-corrected chi connectivity index (χ1v) is 12.3. The molecule has 1 aliphatic rings. The minimum atomic E-state index is -3.41. The number of hydrogen-bond acceptors (Lipinski definition) is 6. The molecule has 1 aliphatic heterocycles. The van der Waals surface area contributed by atoms with Crippen molar-refractivity contribution in [2.75, 3.05) is 25.1 Å². The van der Waals surface area contributed by atoms with E-state index in [-0.39, 0.29) is 24.0 Å². The van der Waals surface area contributed by atoms with Crippen LogP contribution >= 0.6 is 0 Å². The molecule has 9 heteroatoms. The van der Waals surface area contributed by atoms with Crippen LogP contribution in [0.4, 0.5) is 0 Å². The molecular weight excluding hydrogens is 420 g/mol. The maximum absolute atomic E-state index is 12.9. The Morgan fingerprint density at radius 1 is 1.26 bits per heavy atom. The van der Waals surface area contributed by atoms with E-state index in [1.165, 1.54) is 4.90 Å². The molecule has 2 aromatic rings. The van der Waals surface area contributed by atoms with Gasteiger partial charge in [-0.15, -0.1) is 0 Å². The van der Waals surface area contributed by atoms with Crippen LogP contribution in [0.2, 0.25) is 0 Å². The standard InChI is InChI=1S/C22H28N2O6S/c1-13-7-5-9-17-14(2)20(30-19(13)17)21(26)23-15(3)22(27)24-10-6-8-16(11-24)18(25)12-31(4,28)29/h5,7,9,15-16H,6,8,10-12H2,1-4H3,(H,23,26)/t15-,16?/m1/s1. The molecule has 168 valence electrons. The molecule has 8 nitrogen and oxygen atoms in total. The van der Waals surface area contributed by atoms with Gasteiger partial charge in [0.2, 0.25) is 5.91 Å². The molecular formula is C22H28N2O6S. The van der Waals surface area contributed by atoms with Gasteiger partial charge in [-0.25, -0.2) is 8.42 Å². The molecule has 1 aromatic carbocycles. The van der Waals surface area contributed by atoms with Crippen LogP contribution in [0.5, 0.6) is 0 Å². The van der Waals surface area contributed by atoms with E-state index in [0.29, 0.717) is 30.5 Å². The van der Waals surface area contributed by atoms with Gasteiger partial charge in [-0.05, 0) is 39.2 Å². The van der Waals surface area contributed by atoms with Crippen LogP contribution in [0, 0.1) is 19.8 Å². The first-order valence-electron chi connectivity index (χ1n) is 10.3. The molecule has 1 N–H and O–H groups in total. The number of amides is 2. The van der Waals surface area contributed by atoms with Gasteiger partial charge in [-0.2, -0.15) is 0 Å². The minimum absolute atomic E-state index is 0.163. The highest BCUT2D eigenvalue weighted by atomic mass is 32.2. The van der Waals surface area contributed by atoms with Gasteiger partial charge in [0.1, 0.15) is 17.4 Å². The lowest BCUT2D eigenvalue weighted by molar-refractivity contribution is -0.136. The number of aryl methyl sites for hydroxylation is 2. The summed E-state index contributed by atoms with van der Waals surface area (Å²) in [6.45, 7) is 5.92. The second-order valence-corrected chi connectivity index (χ2v) is 10.5. The fourth-order valence-corrected chi connectivity index (χ4v) is 4.77. The average Bonchev–Trinajstić information content (AvgIpc) is 3.04. The first-order chi connectivity index (χ1) is 14.5. The maximum atomic E-state index is 12.9. The van der Waals surface area contributed by atoms with Crippen LogP contribution < -0.4 is 5.32 Å². The number of sulfone groups is 1. The van der Waals surface area contributed by atoms with Crippen LogP contribution in [-0.2, 0) is 19.4 Å². The fraction of sp³-hybridized carbons (Fsp3) is 0.500. The van der Waals surface area contributed by atoms with E-state index in [4.69, 9.17) is 4.42 Å². The Morgan fingerprint density at radius 3 is 2.61 bits per heavy atom. The summed E-state index contributed by atoms with van der Waals surface area (Å²) in [6.07, 6.45) is 2.18. The molecule has 1 fully saturated rings. The zero-order chi connectivity index (χ0) is 22.9. The van der Waals surface area contributed by atoms with Gasteiger partial charge >= 0.3 is 0 Å². The van der Waals surface area contributed by atoms with E-state index in [9.17, 15) is 22.8 Å². The Balaban J connectivity index is 1.67. The second kappa shape index (κ2) is 8.82. The Labute approximate surface area is 181 Å². The van der Waals surface area contributed by atoms with Crippen LogP contribution in [-0.4, -0.2) is 62.1 Å². The van der Waals surface area contributed by atoms with Gasteiger partial charge in [-0.1, -0.05) is 18.2 Å². The number of piperidine rings is 1. The lowest BCUT2D eigenvalue weighted by Crippen LogP contribution is -2.51. The highest BCUT2D eigenvalue weighted by Crippen LogP contribution is 2.27. The Kier molecular flexibility index (Phi) is 6.54. The third kappa shape index (κ3) is 5.15. The molecule has 3 rings (SSSR count). The molecule has 0 bridgehead atoms. The van der Waals surface area contributed by atoms with E-state index in [1.54, 1.807) is 13.8 Å². The van der Waals surface area contributed by atoms with Crippen LogP contribution in [0.25, 0.3) is 11.0 Å². The zero-order valence-electron chi connectivity index (χ0n) is 18.2. The maximum Gasteiger partial charge on any atom is 0.287 e. The van der Waals surface area contributed by atoms with Crippen molar-refractivity contribution in [2.24, 2.45) is 5.92 Å². The Morgan fingerprint density at radius 2 is 1.97 bits per heavy atom. The van der Waals surface area contributed by atoms with Crippen LogP contribution in [0.15, 0.2) is 22.6 Å². The number of hydrogen-bond donors (Lipinski definition) is 1. The van der Waals surface area contributed by atoms with Gasteiger partial charge in [-0.3, -0.25) is 14.4 Å². The lowest BCUT2D eigenvalue weighted by atomic mass is 9.94. The van der Waals surface area contributed by atoms with Gasteiger partial charge in [0.05, 0.1) is 0 Å². The Bertz CT molecular complexity index is 1130. The summed E-state index contributed by atoms with van der Waals surface area (Å²) in [5, 5.41) is 3.55. The quantitative estimate of drug-likeness (QED) is 0.723. The van der Waals surface area contributed by atoms with Crippen molar-refractivity contribution < 1.29 is 27.2 Å². The molecule has 1 unspecified atom stereocenters. The summed E-state index contributed by atoms with van der Waals surface area (Å²) in [6, 6.07) is 4.86. The predicted octanol–water partition coefficient (Wildman–Crippen LogP) is 2.02. The number of ketones is 1. The fourth-order valence-electron chi connectivity index (χ4n) is 4.01. The van der Waals surface area contributed by atoms with E-state index in [2.05, 4.69) is 5.32 Å². The molecule has 31 heavy (non-hydrogen) atoms. The number of benzene rings is 1. The SMILES string of the molecule is Cc1c(C(=O)N[C@H](C)C(=O)N2CCCC(C(=O)CS(C)(=O)=O)C2)oc2c(C)cccc12. The molecule has 0 aliphatic carbocycles. The van der Waals surface area contributed by atoms with Crippen molar-refractivity contribution in [3.63, 3.8) is 0 Å². The van der Waals surface area contributed by atoms with Gasteiger partial charge < -0.3 is 14.6 Å². The third-order valence-corrected chi connectivity index (χ3v) is 6.49. The van der Waals surface area contributed by atoms with Gasteiger partial charge in [0.25, 0.3) is 5.91 Å². The summed E-state index contributed by atoms with van der Waals surface area (Å²) in [4.78, 5) is 39.4. The molecule has 0 saturated carbocycles. The number of carbonyl (C=O) groups excluding carboxylic acids is 3. The zero-order valence-corrected chi connectivity index (χ0v) is 19.0. The largest absolute Gasteiger partial charge is 0.450 e. The minimum Gasteiger partial charge on any atom is -0.450 e. The molecule has 2 atom stereocenters. The number of carbonyl (C=O) groups is 3. The van der Waals surface area contributed by atoms with Gasteiger partial charge in [0, 0.05) is 36.2 Å². The number of fused-ring (bicyclic) bond motifs is 1. The highest BCUT2D eigenvalue weighted by Gasteiger charge is 2.32. The number of Topliss-reactive ketones (excluding diaryl/α,β-unsaturated/α-hetero) is 1. The Hall–Kier alpha value is -2.68. The average molecular weight is 449 g/mol. The molecule has 1 aromatic heterocycles. The van der Waals surface area contributed by atoms with Crippen molar-refractivity contribution in [3.8, 4) is 0 Å². The molecule has 1 saturated heterocycles. The second-order valence-electron chi connectivity index (χ2n) is 8.36. The number of rotatable bonds is 6.